The second kappa shape index (κ2) is 4.80. The van der Waals surface area contributed by atoms with Crippen molar-refractivity contribution in [2.45, 2.75) is 32.5 Å². The zero-order valence-corrected chi connectivity index (χ0v) is 9.74. The highest BCUT2D eigenvalue weighted by Crippen LogP contribution is 2.15. The molecule has 1 N–H and O–H groups in total. The van der Waals surface area contributed by atoms with Gasteiger partial charge in [0.2, 0.25) is 0 Å². The smallest absolute Gasteiger partial charge is 0.390 e. The summed E-state index contributed by atoms with van der Waals surface area (Å²) in [7, 11) is 0. The van der Waals surface area contributed by atoms with Crippen LogP contribution in [0.3, 0.4) is 0 Å². The van der Waals surface area contributed by atoms with Crippen molar-refractivity contribution >= 4 is 5.95 Å². The zero-order valence-electron chi connectivity index (χ0n) is 9.74. The molecule has 7 nitrogen and oxygen atoms in total. The third-order valence-corrected chi connectivity index (χ3v) is 2.96. The molecule has 2 rings (SSSR count). The van der Waals surface area contributed by atoms with Crippen molar-refractivity contribution < 1.29 is 10.0 Å². The normalized spacial score (nSPS) is 18.5. The summed E-state index contributed by atoms with van der Waals surface area (Å²) in [6.07, 6.45) is 3.06. The number of hydrogen-bond acceptors (Lipinski definition) is 5. The number of aryl methyl sites for hydroxylation is 1. The van der Waals surface area contributed by atoms with Crippen LogP contribution in [0.15, 0.2) is 6.20 Å². The minimum Gasteiger partial charge on any atom is -0.390 e. The minimum absolute atomic E-state index is 0.192. The van der Waals surface area contributed by atoms with Crippen molar-refractivity contribution in [2.24, 2.45) is 0 Å². The molecule has 0 spiro atoms. The van der Waals surface area contributed by atoms with E-state index in [-0.39, 0.29) is 12.5 Å². The fraction of sp³-hybridized carbons (Fsp3) is 0.700. The molecule has 1 aromatic rings. The predicted octanol–water partition coefficient (Wildman–Crippen LogP) is 0.514. The van der Waals surface area contributed by atoms with E-state index in [1.54, 1.807) is 13.1 Å². The Balaban J connectivity index is 2.09. The number of imidazole rings is 1. The number of likely N-dealkylation sites (tertiary alicyclic amines) is 1. The number of nitrogens with zero attached hydrogens (tertiary/aromatic N) is 4. The largest absolute Gasteiger partial charge is 0.434 e. The third-order valence-electron chi connectivity index (χ3n) is 2.96. The van der Waals surface area contributed by atoms with E-state index < -0.39 is 11.2 Å². The Morgan fingerprint density at radius 1 is 1.59 bits per heavy atom. The average molecular weight is 240 g/mol. The zero-order chi connectivity index (χ0) is 12.4. The number of rotatable bonds is 4. The van der Waals surface area contributed by atoms with Gasteiger partial charge < -0.3 is 15.2 Å². The molecule has 1 aliphatic heterocycles. The van der Waals surface area contributed by atoms with E-state index in [2.05, 4.69) is 4.98 Å². The maximum atomic E-state index is 10.8. The van der Waals surface area contributed by atoms with E-state index in [1.165, 1.54) is 4.57 Å². The van der Waals surface area contributed by atoms with E-state index in [9.17, 15) is 15.2 Å². The van der Waals surface area contributed by atoms with Crippen LogP contribution in [0.1, 0.15) is 18.5 Å². The van der Waals surface area contributed by atoms with Gasteiger partial charge in [-0.25, -0.2) is 4.57 Å². The Hall–Kier alpha value is -1.47. The summed E-state index contributed by atoms with van der Waals surface area (Å²) in [4.78, 5) is 16.0. The molecule has 94 valence electrons. The van der Waals surface area contributed by atoms with Crippen LogP contribution in [0, 0.1) is 17.0 Å². The molecule has 1 aromatic heterocycles. The Morgan fingerprint density at radius 3 is 2.82 bits per heavy atom. The highest BCUT2D eigenvalue weighted by molar-refractivity contribution is 5.13. The number of aliphatic hydroxyl groups excluding tert-OH is 1. The molecule has 0 saturated carbocycles. The Morgan fingerprint density at radius 2 is 2.24 bits per heavy atom. The van der Waals surface area contributed by atoms with Gasteiger partial charge in [-0.2, -0.15) is 0 Å². The summed E-state index contributed by atoms with van der Waals surface area (Å²) in [5.74, 6) is -0.208. The fourth-order valence-electron chi connectivity index (χ4n) is 2.15. The summed E-state index contributed by atoms with van der Waals surface area (Å²) in [5.41, 5.74) is 0.588. The van der Waals surface area contributed by atoms with Crippen LogP contribution in [0.25, 0.3) is 0 Å². The van der Waals surface area contributed by atoms with Crippen molar-refractivity contribution in [3.63, 3.8) is 0 Å². The van der Waals surface area contributed by atoms with Gasteiger partial charge in [0, 0.05) is 13.1 Å². The highest BCUT2D eigenvalue weighted by Gasteiger charge is 2.25. The molecule has 1 aliphatic rings. The molecule has 7 heteroatoms. The van der Waals surface area contributed by atoms with Crippen molar-refractivity contribution in [3.8, 4) is 0 Å². The van der Waals surface area contributed by atoms with Crippen molar-refractivity contribution in [1.82, 2.24) is 14.5 Å². The Labute approximate surface area is 98.8 Å². The minimum atomic E-state index is -0.676. The topological polar surface area (TPSA) is 84.4 Å². The van der Waals surface area contributed by atoms with Crippen LogP contribution in [-0.2, 0) is 6.54 Å². The van der Waals surface area contributed by atoms with E-state index >= 15 is 0 Å². The molecule has 2 heterocycles. The SMILES string of the molecule is Cc1cn(CC(O)N2CCCC2)c([N+](=O)[O-])n1. The lowest BCUT2D eigenvalue weighted by Crippen LogP contribution is -2.36. The highest BCUT2D eigenvalue weighted by atomic mass is 16.6. The lowest BCUT2D eigenvalue weighted by Gasteiger charge is -2.21. The van der Waals surface area contributed by atoms with Gasteiger partial charge in [-0.05, 0) is 24.7 Å². The third kappa shape index (κ3) is 2.62. The molecule has 0 amide bonds. The van der Waals surface area contributed by atoms with Crippen LogP contribution >= 0.6 is 0 Å². The molecule has 0 aliphatic carbocycles. The monoisotopic (exact) mass is 240 g/mol. The summed E-state index contributed by atoms with van der Waals surface area (Å²) < 4.78 is 1.40. The number of nitro groups is 1. The lowest BCUT2D eigenvalue weighted by molar-refractivity contribution is -0.397. The molecule has 0 bridgehead atoms. The van der Waals surface area contributed by atoms with Crippen LogP contribution in [0.4, 0.5) is 5.95 Å². The second-order valence-corrected chi connectivity index (χ2v) is 4.32. The van der Waals surface area contributed by atoms with Gasteiger partial charge in [-0.3, -0.25) is 4.90 Å². The van der Waals surface area contributed by atoms with Crippen LogP contribution in [0.2, 0.25) is 0 Å². The van der Waals surface area contributed by atoms with Crippen molar-refractivity contribution in [1.29, 1.82) is 0 Å². The molecule has 0 aromatic carbocycles. The molecule has 1 saturated heterocycles. The first-order valence-electron chi connectivity index (χ1n) is 5.68. The first-order chi connectivity index (χ1) is 8.08. The maximum Gasteiger partial charge on any atom is 0.434 e. The Bertz CT molecular complexity index is 412. The molecule has 1 unspecified atom stereocenters. The standard InChI is InChI=1S/C10H16N4O3/c1-8-6-13(10(11-8)14(16)17)7-9(15)12-4-2-3-5-12/h6,9,15H,2-5,7H2,1H3. The molecular formula is C10H16N4O3. The Kier molecular flexibility index (Phi) is 3.39. The average Bonchev–Trinajstić information content (AvgIpc) is 2.86. The maximum absolute atomic E-state index is 10.8. The van der Waals surface area contributed by atoms with Gasteiger partial charge >= 0.3 is 5.95 Å². The molecule has 1 fully saturated rings. The van der Waals surface area contributed by atoms with Crippen molar-refractivity contribution in [2.75, 3.05) is 13.1 Å². The van der Waals surface area contributed by atoms with Gasteiger partial charge in [0.25, 0.3) is 0 Å². The van der Waals surface area contributed by atoms with Gasteiger partial charge in [0.05, 0.1) is 0 Å². The van der Waals surface area contributed by atoms with Gasteiger partial charge in [0.15, 0.2) is 0 Å². The molecule has 1 atom stereocenters. The quantitative estimate of drug-likeness (QED) is 0.612. The van der Waals surface area contributed by atoms with E-state index in [4.69, 9.17) is 0 Å². The first-order valence-corrected chi connectivity index (χ1v) is 5.68. The van der Waals surface area contributed by atoms with E-state index in [0.717, 1.165) is 25.9 Å². The summed E-state index contributed by atoms with van der Waals surface area (Å²) >= 11 is 0. The number of aromatic nitrogens is 2. The van der Waals surface area contributed by atoms with Gasteiger partial charge in [-0.1, -0.05) is 4.98 Å². The lowest BCUT2D eigenvalue weighted by atomic mass is 10.4. The number of hydrogen-bond donors (Lipinski definition) is 1. The van der Waals surface area contributed by atoms with E-state index in [1.807, 2.05) is 4.90 Å². The summed E-state index contributed by atoms with van der Waals surface area (Å²) in [6, 6.07) is 0. The van der Waals surface area contributed by atoms with Gasteiger partial charge in [0.1, 0.15) is 24.7 Å². The molecule has 17 heavy (non-hydrogen) atoms. The fourth-order valence-corrected chi connectivity index (χ4v) is 2.15. The first kappa shape index (κ1) is 12.0. The summed E-state index contributed by atoms with van der Waals surface area (Å²) in [5, 5.41) is 20.7. The van der Waals surface area contributed by atoms with Crippen LogP contribution in [0.5, 0.6) is 0 Å². The second-order valence-electron chi connectivity index (χ2n) is 4.32. The molecule has 0 radical (unpaired) electrons. The number of aliphatic hydroxyl groups is 1. The predicted molar refractivity (Wildman–Crippen MR) is 60.4 cm³/mol. The van der Waals surface area contributed by atoms with Gasteiger partial charge in [-0.15, -0.1) is 0 Å². The van der Waals surface area contributed by atoms with E-state index in [0.29, 0.717) is 5.69 Å². The van der Waals surface area contributed by atoms with Crippen LogP contribution < -0.4 is 0 Å². The van der Waals surface area contributed by atoms with Crippen LogP contribution in [-0.4, -0.2) is 43.8 Å². The molecular weight excluding hydrogens is 224 g/mol. The summed E-state index contributed by atoms with van der Waals surface area (Å²) in [6.45, 7) is 3.59. The van der Waals surface area contributed by atoms with Crippen molar-refractivity contribution in [3.05, 3.63) is 22.0 Å².